The summed E-state index contributed by atoms with van der Waals surface area (Å²) in [6.07, 6.45) is 0.213. The van der Waals surface area contributed by atoms with Gasteiger partial charge in [0.2, 0.25) is 0 Å². The van der Waals surface area contributed by atoms with Crippen LogP contribution in [0.4, 0.5) is 0 Å². The molecule has 0 radical (unpaired) electrons. The Labute approximate surface area is 49.8 Å². The van der Waals surface area contributed by atoms with Crippen molar-refractivity contribution in [3.63, 3.8) is 0 Å². The molecule has 8 heavy (non-hydrogen) atoms. The van der Waals surface area contributed by atoms with Gasteiger partial charge in [-0.3, -0.25) is 0 Å². The SMILES string of the molecule is CCC(O)N(C)OC. The molecule has 0 saturated heterocycles. The Morgan fingerprint density at radius 3 is 2.38 bits per heavy atom. The molecule has 0 rings (SSSR count). The molecule has 0 aromatic carbocycles. The van der Waals surface area contributed by atoms with Gasteiger partial charge in [-0.05, 0) is 6.42 Å². The van der Waals surface area contributed by atoms with Crippen LogP contribution in [0.2, 0.25) is 0 Å². The first-order valence-corrected chi connectivity index (χ1v) is 2.67. The average Bonchev–Trinajstić information content (AvgIpc) is 1.84. The van der Waals surface area contributed by atoms with E-state index in [2.05, 4.69) is 4.84 Å². The first-order valence-electron chi connectivity index (χ1n) is 2.67. The van der Waals surface area contributed by atoms with E-state index in [1.54, 1.807) is 7.05 Å². The molecular weight excluding hydrogens is 106 g/mol. The predicted octanol–water partition coefficient (Wildman–Crippen LogP) is 0.208. The van der Waals surface area contributed by atoms with E-state index in [0.717, 1.165) is 0 Å². The molecule has 0 heterocycles. The van der Waals surface area contributed by atoms with E-state index in [4.69, 9.17) is 5.11 Å². The Bertz CT molecular complexity index is 50.4. The van der Waals surface area contributed by atoms with Crippen LogP contribution >= 0.6 is 0 Å². The van der Waals surface area contributed by atoms with Crippen molar-refractivity contribution in [2.45, 2.75) is 19.6 Å². The summed E-state index contributed by atoms with van der Waals surface area (Å²) in [4.78, 5) is 4.69. The summed E-state index contributed by atoms with van der Waals surface area (Å²) in [6, 6.07) is 0. The van der Waals surface area contributed by atoms with Crippen molar-refractivity contribution in [2.75, 3.05) is 14.2 Å². The van der Waals surface area contributed by atoms with Gasteiger partial charge in [-0.2, -0.15) is 5.06 Å². The number of hydrogen-bond acceptors (Lipinski definition) is 3. The molecule has 0 amide bonds. The molecule has 0 fully saturated rings. The van der Waals surface area contributed by atoms with E-state index in [-0.39, 0.29) is 0 Å². The third-order valence-corrected chi connectivity index (χ3v) is 1.07. The van der Waals surface area contributed by atoms with E-state index < -0.39 is 6.23 Å². The van der Waals surface area contributed by atoms with Crippen LogP contribution in [-0.2, 0) is 4.84 Å². The summed E-state index contributed by atoms with van der Waals surface area (Å²) in [5.74, 6) is 0. The molecule has 1 atom stereocenters. The third-order valence-electron chi connectivity index (χ3n) is 1.07. The second-order valence-corrected chi connectivity index (χ2v) is 1.62. The number of hydroxylamine groups is 2. The zero-order valence-corrected chi connectivity index (χ0v) is 5.59. The van der Waals surface area contributed by atoms with Crippen LogP contribution in [-0.4, -0.2) is 30.6 Å². The Morgan fingerprint density at radius 1 is 1.75 bits per heavy atom. The normalized spacial score (nSPS) is 14.6. The van der Waals surface area contributed by atoms with Crippen LogP contribution in [0.5, 0.6) is 0 Å². The van der Waals surface area contributed by atoms with E-state index in [1.165, 1.54) is 12.2 Å². The molecule has 3 heteroatoms. The van der Waals surface area contributed by atoms with E-state index in [9.17, 15) is 0 Å². The quantitative estimate of drug-likeness (QED) is 0.426. The minimum atomic E-state index is -0.472. The number of aliphatic hydroxyl groups excluding tert-OH is 1. The van der Waals surface area contributed by atoms with Crippen molar-refractivity contribution in [3.8, 4) is 0 Å². The summed E-state index contributed by atoms with van der Waals surface area (Å²) >= 11 is 0. The average molecular weight is 119 g/mol. The van der Waals surface area contributed by atoms with Gasteiger partial charge in [0, 0.05) is 7.05 Å². The van der Waals surface area contributed by atoms with Gasteiger partial charge in [0.25, 0.3) is 0 Å². The highest BCUT2D eigenvalue weighted by atomic mass is 16.7. The Hall–Kier alpha value is -0.120. The highest BCUT2D eigenvalue weighted by molar-refractivity contribution is 4.39. The lowest BCUT2D eigenvalue weighted by molar-refractivity contribution is -0.203. The lowest BCUT2D eigenvalue weighted by Crippen LogP contribution is -2.29. The van der Waals surface area contributed by atoms with Crippen LogP contribution in [0, 0.1) is 0 Å². The summed E-state index contributed by atoms with van der Waals surface area (Å²) in [5, 5.41) is 10.3. The summed E-state index contributed by atoms with van der Waals surface area (Å²) in [5.41, 5.74) is 0. The zero-order chi connectivity index (χ0) is 6.57. The lowest BCUT2D eigenvalue weighted by atomic mass is 10.4. The molecule has 0 spiro atoms. The maximum Gasteiger partial charge on any atom is 0.129 e. The minimum Gasteiger partial charge on any atom is -0.376 e. The monoisotopic (exact) mass is 119 g/mol. The molecular formula is C5H13NO2. The zero-order valence-electron chi connectivity index (χ0n) is 5.59. The van der Waals surface area contributed by atoms with Crippen molar-refractivity contribution in [1.82, 2.24) is 5.06 Å². The molecule has 0 aromatic heterocycles. The van der Waals surface area contributed by atoms with E-state index >= 15 is 0 Å². The van der Waals surface area contributed by atoms with E-state index in [0.29, 0.717) is 6.42 Å². The third kappa shape index (κ3) is 2.26. The highest BCUT2D eigenvalue weighted by Crippen LogP contribution is 1.94. The van der Waals surface area contributed by atoms with Gasteiger partial charge in [-0.25, -0.2) is 0 Å². The molecule has 1 N–H and O–H groups in total. The predicted molar refractivity (Wildman–Crippen MR) is 31.1 cm³/mol. The molecule has 1 unspecified atom stereocenters. The number of rotatable bonds is 3. The number of aliphatic hydroxyl groups is 1. The molecule has 3 nitrogen and oxygen atoms in total. The standard InChI is InChI=1S/C5H13NO2/c1-4-5(7)6(2)8-3/h5,7H,4H2,1-3H3. The first kappa shape index (κ1) is 7.88. The van der Waals surface area contributed by atoms with Crippen LogP contribution in [0.3, 0.4) is 0 Å². The van der Waals surface area contributed by atoms with Crippen LogP contribution < -0.4 is 0 Å². The molecule has 0 aliphatic heterocycles. The fourth-order valence-electron chi connectivity index (χ4n) is 0.379. The first-order chi connectivity index (χ1) is 3.72. The van der Waals surface area contributed by atoms with Crippen molar-refractivity contribution >= 4 is 0 Å². The Kier molecular flexibility index (Phi) is 3.77. The second-order valence-electron chi connectivity index (χ2n) is 1.62. The van der Waals surface area contributed by atoms with Crippen LogP contribution in [0.15, 0.2) is 0 Å². The fourth-order valence-corrected chi connectivity index (χ4v) is 0.379. The van der Waals surface area contributed by atoms with Crippen molar-refractivity contribution in [1.29, 1.82) is 0 Å². The van der Waals surface area contributed by atoms with Gasteiger partial charge >= 0.3 is 0 Å². The molecule has 0 aliphatic rings. The molecule has 0 bridgehead atoms. The number of nitrogens with zero attached hydrogens (tertiary/aromatic N) is 1. The Balaban J connectivity index is 3.29. The van der Waals surface area contributed by atoms with Crippen molar-refractivity contribution in [2.24, 2.45) is 0 Å². The van der Waals surface area contributed by atoms with E-state index in [1.807, 2.05) is 6.92 Å². The van der Waals surface area contributed by atoms with Crippen molar-refractivity contribution < 1.29 is 9.94 Å². The summed E-state index contributed by atoms with van der Waals surface area (Å²) < 4.78 is 0. The summed E-state index contributed by atoms with van der Waals surface area (Å²) in [6.45, 7) is 1.89. The van der Waals surface area contributed by atoms with Gasteiger partial charge in [0.1, 0.15) is 6.23 Å². The molecule has 0 aromatic rings. The van der Waals surface area contributed by atoms with Gasteiger partial charge in [0.15, 0.2) is 0 Å². The van der Waals surface area contributed by atoms with Gasteiger partial charge in [0.05, 0.1) is 7.11 Å². The van der Waals surface area contributed by atoms with Crippen LogP contribution in [0.1, 0.15) is 13.3 Å². The maximum atomic E-state index is 8.93. The van der Waals surface area contributed by atoms with Gasteiger partial charge in [-0.15, -0.1) is 0 Å². The summed E-state index contributed by atoms with van der Waals surface area (Å²) in [7, 11) is 3.22. The van der Waals surface area contributed by atoms with Gasteiger partial charge < -0.3 is 9.94 Å². The minimum absolute atomic E-state index is 0.472. The highest BCUT2D eigenvalue weighted by Gasteiger charge is 2.04. The number of hydrogen-bond donors (Lipinski definition) is 1. The van der Waals surface area contributed by atoms with Crippen LogP contribution in [0.25, 0.3) is 0 Å². The molecule has 50 valence electrons. The van der Waals surface area contributed by atoms with Crippen molar-refractivity contribution in [3.05, 3.63) is 0 Å². The van der Waals surface area contributed by atoms with Gasteiger partial charge in [-0.1, -0.05) is 6.92 Å². The molecule has 0 saturated carbocycles. The lowest BCUT2D eigenvalue weighted by Gasteiger charge is -2.18. The second kappa shape index (κ2) is 3.83. The fraction of sp³-hybridized carbons (Fsp3) is 1.00. The Morgan fingerprint density at radius 2 is 2.25 bits per heavy atom. The largest absolute Gasteiger partial charge is 0.376 e. The topological polar surface area (TPSA) is 32.7 Å². The maximum absolute atomic E-state index is 8.93. The molecule has 0 aliphatic carbocycles. The smallest absolute Gasteiger partial charge is 0.129 e.